The largest absolute Gasteiger partial charge is 0.355 e. The molecule has 0 saturated carbocycles. The zero-order chi connectivity index (χ0) is 19.8. The summed E-state index contributed by atoms with van der Waals surface area (Å²) >= 11 is 1.73. The molecule has 0 atom stereocenters. The lowest BCUT2D eigenvalue weighted by molar-refractivity contribution is -0.133. The van der Waals surface area contributed by atoms with Gasteiger partial charge in [-0.3, -0.25) is 4.79 Å². The lowest BCUT2D eigenvalue weighted by Crippen LogP contribution is -2.39. The molecule has 150 valence electrons. The second-order valence-corrected chi connectivity index (χ2v) is 9.14. The summed E-state index contributed by atoms with van der Waals surface area (Å²) in [5.41, 5.74) is 4.99. The van der Waals surface area contributed by atoms with Gasteiger partial charge in [0.05, 0.1) is 10.2 Å². The standard InChI is InChI=1S/C23H26N4OS/c1-16-14-29-22-21(16)24-15-25-23(22)26-9-6-17(7-10-26)12-20(28)27-11-8-18-4-2-3-5-19(18)13-27/h2-5,14-15,17H,6-13H2,1H3. The summed E-state index contributed by atoms with van der Waals surface area (Å²) in [7, 11) is 0. The van der Waals surface area contributed by atoms with E-state index in [1.807, 2.05) is 0 Å². The van der Waals surface area contributed by atoms with Crippen LogP contribution in [-0.4, -0.2) is 40.4 Å². The molecular formula is C23H26N4OS. The van der Waals surface area contributed by atoms with E-state index in [1.54, 1.807) is 17.7 Å². The van der Waals surface area contributed by atoms with Gasteiger partial charge in [0.2, 0.25) is 5.91 Å². The maximum atomic E-state index is 12.9. The monoisotopic (exact) mass is 406 g/mol. The fourth-order valence-electron chi connectivity index (χ4n) is 4.62. The Hall–Kier alpha value is -2.47. The van der Waals surface area contributed by atoms with Crippen LogP contribution in [0.25, 0.3) is 10.2 Å². The number of rotatable bonds is 3. The number of nitrogens with zero attached hydrogens (tertiary/aromatic N) is 4. The molecule has 2 aromatic heterocycles. The molecule has 5 nitrogen and oxygen atoms in total. The van der Waals surface area contributed by atoms with Gasteiger partial charge in [0.25, 0.3) is 0 Å². The highest BCUT2D eigenvalue weighted by atomic mass is 32.1. The van der Waals surface area contributed by atoms with Gasteiger partial charge in [-0.1, -0.05) is 24.3 Å². The van der Waals surface area contributed by atoms with Gasteiger partial charge in [-0.05, 0) is 54.2 Å². The first-order valence-corrected chi connectivity index (χ1v) is 11.4. The van der Waals surface area contributed by atoms with Crippen molar-refractivity contribution in [3.8, 4) is 0 Å². The number of piperidine rings is 1. The van der Waals surface area contributed by atoms with Crippen LogP contribution in [0.15, 0.2) is 36.0 Å². The fraction of sp³-hybridized carbons (Fsp3) is 0.435. The summed E-state index contributed by atoms with van der Waals surface area (Å²) in [6, 6.07) is 8.50. The molecule has 29 heavy (non-hydrogen) atoms. The first-order chi connectivity index (χ1) is 14.2. The van der Waals surface area contributed by atoms with E-state index in [2.05, 4.69) is 56.3 Å². The van der Waals surface area contributed by atoms with Crippen LogP contribution in [0.3, 0.4) is 0 Å². The molecule has 1 amide bonds. The van der Waals surface area contributed by atoms with Crippen molar-refractivity contribution in [1.82, 2.24) is 14.9 Å². The molecule has 0 aliphatic carbocycles. The second kappa shape index (κ2) is 7.75. The van der Waals surface area contributed by atoms with Crippen molar-refractivity contribution in [1.29, 1.82) is 0 Å². The molecule has 0 N–H and O–H groups in total. The summed E-state index contributed by atoms with van der Waals surface area (Å²) in [6.07, 6.45) is 5.43. The molecule has 0 unspecified atom stereocenters. The first-order valence-electron chi connectivity index (χ1n) is 10.5. The molecule has 5 rings (SSSR count). The van der Waals surface area contributed by atoms with Crippen molar-refractivity contribution >= 4 is 33.3 Å². The molecule has 2 aliphatic heterocycles. The number of carbonyl (C=O) groups is 1. The number of thiophene rings is 1. The van der Waals surface area contributed by atoms with Crippen molar-refractivity contribution in [2.75, 3.05) is 24.5 Å². The summed E-state index contributed by atoms with van der Waals surface area (Å²) < 4.78 is 1.19. The molecule has 0 radical (unpaired) electrons. The third kappa shape index (κ3) is 3.62. The van der Waals surface area contributed by atoms with Gasteiger partial charge in [0, 0.05) is 32.6 Å². The van der Waals surface area contributed by atoms with Crippen LogP contribution in [0.1, 0.15) is 36.0 Å². The highest BCUT2D eigenvalue weighted by Crippen LogP contribution is 2.33. The lowest BCUT2D eigenvalue weighted by Gasteiger charge is -2.34. The van der Waals surface area contributed by atoms with E-state index in [9.17, 15) is 4.79 Å². The molecule has 2 aliphatic rings. The van der Waals surface area contributed by atoms with Crippen molar-refractivity contribution in [2.24, 2.45) is 5.92 Å². The Morgan fingerprint density at radius 1 is 1.14 bits per heavy atom. The molecule has 0 spiro atoms. The number of aryl methyl sites for hydroxylation is 1. The van der Waals surface area contributed by atoms with Gasteiger partial charge in [-0.15, -0.1) is 11.3 Å². The Kier molecular flexibility index (Phi) is 4.96. The Morgan fingerprint density at radius 3 is 2.76 bits per heavy atom. The predicted octanol–water partition coefficient (Wildman–Crippen LogP) is 4.19. The number of hydrogen-bond donors (Lipinski definition) is 0. The Labute approximate surface area is 175 Å². The number of benzene rings is 1. The predicted molar refractivity (Wildman–Crippen MR) is 117 cm³/mol. The summed E-state index contributed by atoms with van der Waals surface area (Å²) in [5.74, 6) is 1.85. The summed E-state index contributed by atoms with van der Waals surface area (Å²) in [5, 5.41) is 2.16. The summed E-state index contributed by atoms with van der Waals surface area (Å²) in [4.78, 5) is 26.3. The van der Waals surface area contributed by atoms with Crippen molar-refractivity contribution < 1.29 is 4.79 Å². The quantitative estimate of drug-likeness (QED) is 0.654. The minimum Gasteiger partial charge on any atom is -0.355 e. The number of aromatic nitrogens is 2. The molecule has 0 bridgehead atoms. The van der Waals surface area contributed by atoms with Crippen LogP contribution in [0, 0.1) is 12.8 Å². The van der Waals surface area contributed by atoms with E-state index in [0.717, 1.165) is 56.8 Å². The zero-order valence-electron chi connectivity index (χ0n) is 16.8. The average Bonchev–Trinajstić information content (AvgIpc) is 3.15. The van der Waals surface area contributed by atoms with Crippen LogP contribution in [0.2, 0.25) is 0 Å². The van der Waals surface area contributed by atoms with Crippen LogP contribution in [0.4, 0.5) is 5.82 Å². The Morgan fingerprint density at radius 2 is 1.93 bits per heavy atom. The lowest BCUT2D eigenvalue weighted by atomic mass is 9.92. The third-order valence-electron chi connectivity index (χ3n) is 6.37. The first kappa shape index (κ1) is 18.6. The average molecular weight is 407 g/mol. The molecule has 4 heterocycles. The maximum absolute atomic E-state index is 12.9. The number of anilines is 1. The Balaban J connectivity index is 1.20. The number of carbonyl (C=O) groups excluding carboxylic acids is 1. The van der Waals surface area contributed by atoms with Crippen LogP contribution in [0.5, 0.6) is 0 Å². The van der Waals surface area contributed by atoms with E-state index in [0.29, 0.717) is 18.2 Å². The zero-order valence-corrected chi connectivity index (χ0v) is 17.6. The second-order valence-electron chi connectivity index (χ2n) is 8.26. The molecule has 1 saturated heterocycles. The van der Waals surface area contributed by atoms with Gasteiger partial charge in [-0.25, -0.2) is 9.97 Å². The van der Waals surface area contributed by atoms with Gasteiger partial charge in [0.15, 0.2) is 0 Å². The topological polar surface area (TPSA) is 49.3 Å². The molecule has 1 fully saturated rings. The third-order valence-corrected chi connectivity index (χ3v) is 7.46. The van der Waals surface area contributed by atoms with Crippen LogP contribution >= 0.6 is 11.3 Å². The minimum absolute atomic E-state index is 0.316. The number of amides is 1. The van der Waals surface area contributed by atoms with Gasteiger partial charge in [-0.2, -0.15) is 0 Å². The van der Waals surface area contributed by atoms with Gasteiger partial charge in [0.1, 0.15) is 12.1 Å². The normalized spacial score (nSPS) is 17.6. The van der Waals surface area contributed by atoms with Crippen LogP contribution < -0.4 is 4.90 Å². The highest BCUT2D eigenvalue weighted by Gasteiger charge is 2.27. The molecular weight excluding hydrogens is 380 g/mol. The minimum atomic E-state index is 0.316. The van der Waals surface area contributed by atoms with Crippen molar-refractivity contribution in [3.63, 3.8) is 0 Å². The summed E-state index contributed by atoms with van der Waals surface area (Å²) in [6.45, 7) is 5.65. The molecule has 1 aromatic carbocycles. The van der Waals surface area contributed by atoms with E-state index < -0.39 is 0 Å². The van der Waals surface area contributed by atoms with Crippen molar-refractivity contribution in [2.45, 2.75) is 39.2 Å². The maximum Gasteiger partial charge on any atom is 0.223 e. The SMILES string of the molecule is Cc1csc2c(N3CCC(CC(=O)N4CCc5ccccc5C4)CC3)ncnc12. The molecule has 6 heteroatoms. The Bertz CT molecular complexity index is 1040. The smallest absolute Gasteiger partial charge is 0.223 e. The highest BCUT2D eigenvalue weighted by molar-refractivity contribution is 7.18. The van der Waals surface area contributed by atoms with E-state index in [4.69, 9.17) is 0 Å². The van der Waals surface area contributed by atoms with E-state index in [-0.39, 0.29) is 0 Å². The molecule has 3 aromatic rings. The van der Waals surface area contributed by atoms with E-state index >= 15 is 0 Å². The number of hydrogen-bond acceptors (Lipinski definition) is 5. The van der Waals surface area contributed by atoms with Crippen molar-refractivity contribution in [3.05, 3.63) is 52.7 Å². The van der Waals surface area contributed by atoms with Gasteiger partial charge >= 0.3 is 0 Å². The fourth-order valence-corrected chi connectivity index (χ4v) is 5.63. The number of fused-ring (bicyclic) bond motifs is 2. The van der Waals surface area contributed by atoms with Crippen LogP contribution in [-0.2, 0) is 17.8 Å². The van der Waals surface area contributed by atoms with E-state index in [1.165, 1.54) is 21.4 Å². The van der Waals surface area contributed by atoms with Gasteiger partial charge < -0.3 is 9.80 Å².